The molecule has 0 fully saturated rings. The number of hydrogen-bond acceptors (Lipinski definition) is 1. The number of hydrogen-bond donors (Lipinski definition) is 0. The van der Waals surface area contributed by atoms with Crippen molar-refractivity contribution in [2.75, 3.05) is 14.2 Å². The van der Waals surface area contributed by atoms with E-state index in [0.29, 0.717) is 20.1 Å². The molecule has 5 heteroatoms. The lowest BCUT2D eigenvalue weighted by Crippen LogP contribution is -1.71. The van der Waals surface area contributed by atoms with Crippen LogP contribution in [0.2, 0.25) is 20.1 Å². The standard InChI is InChI=1S/C6H2Cl4.C2H6O/c7-3-1-4(8)6(10)5(9)2-3;1-3-2/h1-2H;1-2H3. The molecule has 0 spiro atoms. The summed E-state index contributed by atoms with van der Waals surface area (Å²) in [6.45, 7) is 0. The summed E-state index contributed by atoms with van der Waals surface area (Å²) in [6, 6.07) is 3.08. The fourth-order valence-electron chi connectivity index (χ4n) is 0.525. The molecule has 0 heterocycles. The summed E-state index contributed by atoms with van der Waals surface area (Å²) in [4.78, 5) is 0. The van der Waals surface area contributed by atoms with Crippen LogP contribution in [0.4, 0.5) is 0 Å². The quantitative estimate of drug-likeness (QED) is 0.491. The zero-order valence-electron chi connectivity index (χ0n) is 7.07. The van der Waals surface area contributed by atoms with Gasteiger partial charge in [0.05, 0.1) is 15.1 Å². The van der Waals surface area contributed by atoms with Crippen LogP contribution in [0.1, 0.15) is 0 Å². The molecular weight excluding hydrogens is 254 g/mol. The molecule has 0 radical (unpaired) electrons. The molecule has 0 atom stereocenters. The Bertz CT molecular complexity index is 252. The summed E-state index contributed by atoms with van der Waals surface area (Å²) >= 11 is 22.5. The maximum absolute atomic E-state index is 5.63. The maximum atomic E-state index is 5.63. The first-order valence-corrected chi connectivity index (χ1v) is 4.74. The average Bonchev–Trinajstić information content (AvgIpc) is 2.01. The molecule has 0 unspecified atom stereocenters. The predicted octanol–water partition coefficient (Wildman–Crippen LogP) is 4.56. The van der Waals surface area contributed by atoms with Crippen molar-refractivity contribution in [3.63, 3.8) is 0 Å². The van der Waals surface area contributed by atoms with Crippen LogP contribution in [0.3, 0.4) is 0 Å². The Labute approximate surface area is 97.5 Å². The third-order valence-electron chi connectivity index (χ3n) is 0.949. The van der Waals surface area contributed by atoms with Gasteiger partial charge in [0.1, 0.15) is 0 Å². The van der Waals surface area contributed by atoms with Crippen LogP contribution in [0.15, 0.2) is 12.1 Å². The SMILES string of the molecule is COC.Clc1cc(Cl)c(Cl)c(Cl)c1. The smallest absolute Gasteiger partial charge is 0.0779 e. The van der Waals surface area contributed by atoms with Crippen molar-refractivity contribution in [1.82, 2.24) is 0 Å². The van der Waals surface area contributed by atoms with E-state index in [1.54, 1.807) is 14.2 Å². The number of benzene rings is 1. The highest BCUT2D eigenvalue weighted by Gasteiger charge is 2.03. The summed E-state index contributed by atoms with van der Waals surface area (Å²) in [5, 5.41) is 1.57. The molecular formula is C8H8Cl4O. The van der Waals surface area contributed by atoms with Gasteiger partial charge in [-0.3, -0.25) is 0 Å². The summed E-state index contributed by atoms with van der Waals surface area (Å²) in [5.74, 6) is 0. The van der Waals surface area contributed by atoms with E-state index in [0.717, 1.165) is 0 Å². The second-order valence-corrected chi connectivity index (χ2v) is 3.72. The Kier molecular flexibility index (Phi) is 6.92. The van der Waals surface area contributed by atoms with Crippen molar-refractivity contribution in [2.24, 2.45) is 0 Å². The number of rotatable bonds is 0. The Hall–Kier alpha value is 0.340. The van der Waals surface area contributed by atoms with E-state index in [2.05, 4.69) is 4.74 Å². The number of methoxy groups -OCH3 is 1. The molecule has 1 aromatic rings. The van der Waals surface area contributed by atoms with Gasteiger partial charge in [-0.25, -0.2) is 0 Å². The van der Waals surface area contributed by atoms with Gasteiger partial charge in [-0.15, -0.1) is 0 Å². The van der Waals surface area contributed by atoms with Gasteiger partial charge in [-0.2, -0.15) is 0 Å². The second kappa shape index (κ2) is 6.74. The van der Waals surface area contributed by atoms with Gasteiger partial charge in [0.25, 0.3) is 0 Å². The second-order valence-electron chi connectivity index (χ2n) is 2.09. The molecule has 13 heavy (non-hydrogen) atoms. The number of halogens is 4. The van der Waals surface area contributed by atoms with Gasteiger partial charge in [0.2, 0.25) is 0 Å². The van der Waals surface area contributed by atoms with Gasteiger partial charge in [0, 0.05) is 19.2 Å². The molecule has 0 saturated heterocycles. The molecule has 0 aliphatic rings. The van der Waals surface area contributed by atoms with E-state index in [9.17, 15) is 0 Å². The molecule has 1 aromatic carbocycles. The Morgan fingerprint density at radius 3 is 1.54 bits per heavy atom. The minimum Gasteiger partial charge on any atom is -0.388 e. The highest BCUT2D eigenvalue weighted by Crippen LogP contribution is 2.32. The van der Waals surface area contributed by atoms with Crippen molar-refractivity contribution in [2.45, 2.75) is 0 Å². The minimum absolute atomic E-state index is 0.340. The average molecular weight is 262 g/mol. The molecule has 0 aromatic heterocycles. The topological polar surface area (TPSA) is 9.23 Å². The van der Waals surface area contributed by atoms with Crippen molar-refractivity contribution in [3.8, 4) is 0 Å². The van der Waals surface area contributed by atoms with E-state index in [-0.39, 0.29) is 0 Å². The zero-order chi connectivity index (χ0) is 10.4. The highest BCUT2D eigenvalue weighted by molar-refractivity contribution is 6.49. The van der Waals surface area contributed by atoms with Crippen LogP contribution in [0, 0.1) is 0 Å². The summed E-state index contributed by atoms with van der Waals surface area (Å²) in [7, 11) is 3.25. The van der Waals surface area contributed by atoms with Gasteiger partial charge in [0.15, 0.2) is 0 Å². The van der Waals surface area contributed by atoms with Crippen LogP contribution in [-0.2, 0) is 4.74 Å². The molecule has 0 bridgehead atoms. The van der Waals surface area contributed by atoms with Crippen molar-refractivity contribution < 1.29 is 4.74 Å². The first-order chi connectivity index (χ1) is 6.02. The lowest BCUT2D eigenvalue weighted by atomic mass is 10.4. The summed E-state index contributed by atoms with van der Waals surface area (Å²) in [5.41, 5.74) is 0. The third kappa shape index (κ3) is 4.94. The molecule has 1 nitrogen and oxygen atoms in total. The van der Waals surface area contributed by atoms with Crippen molar-refractivity contribution in [1.29, 1.82) is 0 Å². The molecule has 0 aliphatic heterocycles. The summed E-state index contributed by atoms with van der Waals surface area (Å²) in [6.07, 6.45) is 0. The van der Waals surface area contributed by atoms with Crippen molar-refractivity contribution >= 4 is 46.4 Å². The first kappa shape index (κ1) is 13.3. The summed E-state index contributed by atoms with van der Waals surface area (Å²) < 4.78 is 4.25. The largest absolute Gasteiger partial charge is 0.388 e. The monoisotopic (exact) mass is 260 g/mol. The first-order valence-electron chi connectivity index (χ1n) is 3.23. The molecule has 74 valence electrons. The van der Waals surface area contributed by atoms with Crippen LogP contribution in [0.25, 0.3) is 0 Å². The fraction of sp³-hybridized carbons (Fsp3) is 0.250. The Morgan fingerprint density at radius 1 is 0.923 bits per heavy atom. The predicted molar refractivity (Wildman–Crippen MR) is 59.4 cm³/mol. The van der Waals surface area contributed by atoms with Gasteiger partial charge in [-0.1, -0.05) is 46.4 Å². The van der Waals surface area contributed by atoms with E-state index >= 15 is 0 Å². The molecule has 0 saturated carbocycles. The van der Waals surface area contributed by atoms with Crippen LogP contribution < -0.4 is 0 Å². The highest BCUT2D eigenvalue weighted by atomic mass is 35.5. The third-order valence-corrected chi connectivity index (χ3v) is 2.36. The minimum atomic E-state index is 0.340. The normalized spacial score (nSPS) is 9.08. The van der Waals surface area contributed by atoms with E-state index in [1.165, 1.54) is 12.1 Å². The maximum Gasteiger partial charge on any atom is 0.0779 e. The van der Waals surface area contributed by atoms with Gasteiger partial charge < -0.3 is 4.74 Å². The van der Waals surface area contributed by atoms with Gasteiger partial charge in [-0.05, 0) is 12.1 Å². The van der Waals surface area contributed by atoms with Crippen LogP contribution >= 0.6 is 46.4 Å². The lowest BCUT2D eigenvalue weighted by Gasteiger charge is -1.97. The fourth-order valence-corrected chi connectivity index (χ4v) is 1.45. The van der Waals surface area contributed by atoms with E-state index < -0.39 is 0 Å². The Morgan fingerprint density at radius 2 is 1.23 bits per heavy atom. The molecule has 1 rings (SSSR count). The van der Waals surface area contributed by atoms with Crippen molar-refractivity contribution in [3.05, 3.63) is 32.2 Å². The molecule has 0 aliphatic carbocycles. The van der Waals surface area contributed by atoms with Gasteiger partial charge >= 0.3 is 0 Å². The van der Waals surface area contributed by atoms with Crippen LogP contribution in [0.5, 0.6) is 0 Å². The zero-order valence-corrected chi connectivity index (χ0v) is 10.1. The lowest BCUT2D eigenvalue weighted by molar-refractivity contribution is 0.277. The Balaban J connectivity index is 0.000000424. The molecule has 0 N–H and O–H groups in total. The van der Waals surface area contributed by atoms with E-state index in [1.807, 2.05) is 0 Å². The number of ether oxygens (including phenoxy) is 1. The van der Waals surface area contributed by atoms with Crippen LogP contribution in [-0.4, -0.2) is 14.2 Å². The molecule has 0 amide bonds. The van der Waals surface area contributed by atoms with E-state index in [4.69, 9.17) is 46.4 Å².